The first kappa shape index (κ1) is 22.4. The lowest BCUT2D eigenvalue weighted by atomic mass is 10.1. The molecule has 2 saturated heterocycles. The number of ether oxygens (including phenoxy) is 2. The molecule has 4 rings (SSSR count). The van der Waals surface area contributed by atoms with Crippen LogP contribution < -0.4 is 11.1 Å². The zero-order valence-electron chi connectivity index (χ0n) is 17.0. The van der Waals surface area contributed by atoms with Crippen molar-refractivity contribution in [1.29, 1.82) is 0 Å². The van der Waals surface area contributed by atoms with Gasteiger partial charge in [-0.05, 0) is 6.92 Å². The van der Waals surface area contributed by atoms with Crippen molar-refractivity contribution >= 4 is 17.6 Å². The van der Waals surface area contributed by atoms with E-state index in [0.29, 0.717) is 26.3 Å². The molecule has 0 aliphatic carbocycles. The average molecular weight is 457 g/mol. The Hall–Kier alpha value is -2.81. The van der Waals surface area contributed by atoms with E-state index < -0.39 is 42.6 Å². The number of rotatable bonds is 3. The third-order valence-corrected chi connectivity index (χ3v) is 5.43. The van der Waals surface area contributed by atoms with Crippen LogP contribution in [-0.2, 0) is 15.7 Å². The number of aliphatic hydroxyl groups is 1. The van der Waals surface area contributed by atoms with Gasteiger partial charge in [-0.3, -0.25) is 10.6 Å². The number of morpholine rings is 1. The smallest absolute Gasteiger partial charge is 0.434 e. The Labute approximate surface area is 180 Å². The summed E-state index contributed by atoms with van der Waals surface area (Å²) in [5.74, 6) is -1.76. The van der Waals surface area contributed by atoms with Crippen molar-refractivity contribution in [2.45, 2.75) is 31.2 Å². The maximum atomic E-state index is 13.6. The predicted molar refractivity (Wildman–Crippen MR) is 104 cm³/mol. The first-order valence-corrected chi connectivity index (χ1v) is 9.83. The van der Waals surface area contributed by atoms with Crippen LogP contribution in [0.2, 0.25) is 0 Å². The second-order valence-corrected chi connectivity index (χ2v) is 7.47. The second-order valence-electron chi connectivity index (χ2n) is 7.47. The molecule has 32 heavy (non-hydrogen) atoms. The summed E-state index contributed by atoms with van der Waals surface area (Å²) in [6.07, 6.45) is -3.18. The number of halogens is 3. The summed E-state index contributed by atoms with van der Waals surface area (Å²) in [4.78, 5) is 26.8. The maximum Gasteiger partial charge on any atom is 0.434 e. The third-order valence-electron chi connectivity index (χ3n) is 5.43. The van der Waals surface area contributed by atoms with Gasteiger partial charge in [0.25, 0.3) is 0 Å². The topological polar surface area (TPSA) is 138 Å². The lowest BCUT2D eigenvalue weighted by Crippen LogP contribution is -2.68. The van der Waals surface area contributed by atoms with E-state index in [1.54, 1.807) is 11.8 Å². The Morgan fingerprint density at radius 3 is 2.75 bits per heavy atom. The number of aliphatic hydroxyl groups excluding tert-OH is 1. The third kappa shape index (κ3) is 4.01. The number of aliphatic imine (C=N–C) groups is 1. The summed E-state index contributed by atoms with van der Waals surface area (Å²) < 4.78 is 51.4. The molecule has 0 radical (unpaired) electrons. The van der Waals surface area contributed by atoms with Gasteiger partial charge in [-0.2, -0.15) is 13.2 Å². The molecule has 2 fully saturated rings. The van der Waals surface area contributed by atoms with Crippen LogP contribution in [0.4, 0.5) is 18.0 Å². The number of aromatic nitrogens is 2. The minimum absolute atomic E-state index is 0.0573. The summed E-state index contributed by atoms with van der Waals surface area (Å²) in [6, 6.07) is -0.792. The number of carbonyl (C=O) groups is 1. The zero-order valence-corrected chi connectivity index (χ0v) is 17.0. The van der Waals surface area contributed by atoms with Gasteiger partial charge in [0.15, 0.2) is 5.69 Å². The number of alkyl halides is 3. The standard InChI is InChI=1S/C18H22F3N7O4/c1-10-13(8-29)28(16(30)32-10)14-6-12(11-7-23-9-24-15(11)17(19,20)21)25-18(22,26-14)27-2-4-31-5-3-27/h6-7,9-10,13,25,29H,2-5,8,22H2,1H3/t10-,13+,18?/m1/s1. The van der Waals surface area contributed by atoms with Gasteiger partial charge in [-0.15, -0.1) is 0 Å². The number of nitrogens with two attached hydrogens (primary N) is 1. The van der Waals surface area contributed by atoms with E-state index >= 15 is 0 Å². The number of amidine groups is 1. The molecule has 0 saturated carbocycles. The Morgan fingerprint density at radius 1 is 1.38 bits per heavy atom. The molecule has 0 bridgehead atoms. The molecule has 11 nitrogen and oxygen atoms in total. The number of nitrogens with one attached hydrogen (secondary N) is 1. The molecule has 1 aromatic rings. The van der Waals surface area contributed by atoms with Gasteiger partial charge < -0.3 is 19.9 Å². The number of hydrogen-bond acceptors (Lipinski definition) is 10. The van der Waals surface area contributed by atoms with Crippen LogP contribution in [0.5, 0.6) is 0 Å². The minimum atomic E-state index is -4.76. The van der Waals surface area contributed by atoms with E-state index in [1.807, 2.05) is 0 Å². The zero-order chi connectivity index (χ0) is 23.1. The molecule has 1 unspecified atom stereocenters. The van der Waals surface area contributed by atoms with E-state index in [9.17, 15) is 23.1 Å². The highest BCUT2D eigenvalue weighted by molar-refractivity contribution is 6.08. The molecule has 1 aromatic heterocycles. The lowest BCUT2D eigenvalue weighted by Gasteiger charge is -2.43. The van der Waals surface area contributed by atoms with E-state index in [1.165, 1.54) is 6.08 Å². The van der Waals surface area contributed by atoms with Crippen molar-refractivity contribution in [3.05, 3.63) is 29.9 Å². The monoisotopic (exact) mass is 457 g/mol. The number of nitrogens with zero attached hydrogens (tertiary/aromatic N) is 5. The van der Waals surface area contributed by atoms with Gasteiger partial charge in [-0.25, -0.2) is 24.7 Å². The van der Waals surface area contributed by atoms with E-state index in [-0.39, 0.29) is 17.1 Å². The highest BCUT2D eigenvalue weighted by atomic mass is 19.4. The van der Waals surface area contributed by atoms with Crippen molar-refractivity contribution in [3.63, 3.8) is 0 Å². The van der Waals surface area contributed by atoms with Crippen molar-refractivity contribution in [2.75, 3.05) is 32.9 Å². The van der Waals surface area contributed by atoms with Crippen LogP contribution in [0.1, 0.15) is 18.2 Å². The van der Waals surface area contributed by atoms with Gasteiger partial charge in [0.05, 0.1) is 25.5 Å². The van der Waals surface area contributed by atoms with Crippen LogP contribution in [0.15, 0.2) is 23.6 Å². The fraction of sp³-hybridized carbons (Fsp3) is 0.556. The molecular weight excluding hydrogens is 435 g/mol. The molecule has 4 N–H and O–H groups in total. The van der Waals surface area contributed by atoms with Gasteiger partial charge in [0.1, 0.15) is 24.3 Å². The van der Waals surface area contributed by atoms with Crippen molar-refractivity contribution in [1.82, 2.24) is 25.1 Å². The molecule has 4 heterocycles. The van der Waals surface area contributed by atoms with Gasteiger partial charge in [0, 0.05) is 30.9 Å². The van der Waals surface area contributed by atoms with Gasteiger partial charge >= 0.3 is 12.3 Å². The number of hydrogen-bond donors (Lipinski definition) is 3. The summed E-state index contributed by atoms with van der Waals surface area (Å²) in [7, 11) is 0. The molecule has 0 spiro atoms. The Morgan fingerprint density at radius 2 is 2.09 bits per heavy atom. The van der Waals surface area contributed by atoms with Crippen LogP contribution in [0, 0.1) is 0 Å². The molecular formula is C18H22F3N7O4. The molecule has 174 valence electrons. The summed E-state index contributed by atoms with van der Waals surface area (Å²) >= 11 is 0. The molecule has 3 aliphatic rings. The number of amides is 1. The Bertz CT molecular complexity index is 951. The molecule has 3 atom stereocenters. The van der Waals surface area contributed by atoms with Crippen LogP contribution in [-0.4, -0.2) is 87.8 Å². The van der Waals surface area contributed by atoms with Gasteiger partial charge in [0.2, 0.25) is 5.91 Å². The largest absolute Gasteiger partial charge is 0.444 e. The summed E-state index contributed by atoms with van der Waals surface area (Å²) in [5, 5.41) is 12.6. The molecule has 0 aromatic carbocycles. The van der Waals surface area contributed by atoms with Crippen molar-refractivity contribution < 1.29 is 32.5 Å². The fourth-order valence-electron chi connectivity index (χ4n) is 3.81. The van der Waals surface area contributed by atoms with E-state index in [0.717, 1.165) is 17.4 Å². The quantitative estimate of drug-likeness (QED) is 0.570. The molecule has 3 aliphatic heterocycles. The Balaban J connectivity index is 1.83. The molecule has 14 heteroatoms. The summed E-state index contributed by atoms with van der Waals surface area (Å²) in [6.45, 7) is 2.52. The Kier molecular flexibility index (Phi) is 5.79. The van der Waals surface area contributed by atoms with Crippen LogP contribution in [0.3, 0.4) is 0 Å². The maximum absolute atomic E-state index is 13.6. The first-order chi connectivity index (χ1) is 15.1. The lowest BCUT2D eigenvalue weighted by molar-refractivity contribution is -0.141. The second kappa shape index (κ2) is 8.27. The SMILES string of the molecule is C[C@H]1OC(=O)N(C2=NC(N)(N3CCOCC3)NC(c3cncnc3C(F)(F)F)=C2)[C@H]1CO. The first-order valence-electron chi connectivity index (χ1n) is 9.83. The summed E-state index contributed by atoms with van der Waals surface area (Å²) in [5.41, 5.74) is 4.89. The highest BCUT2D eigenvalue weighted by Gasteiger charge is 2.46. The van der Waals surface area contributed by atoms with E-state index in [4.69, 9.17) is 15.2 Å². The highest BCUT2D eigenvalue weighted by Crippen LogP contribution is 2.34. The normalized spacial score (nSPS) is 29.3. The average Bonchev–Trinajstić information content (AvgIpc) is 3.06. The predicted octanol–water partition coefficient (Wildman–Crippen LogP) is -0.0582. The minimum Gasteiger partial charge on any atom is -0.444 e. The fourth-order valence-corrected chi connectivity index (χ4v) is 3.81. The number of cyclic esters (lactones) is 1. The van der Waals surface area contributed by atoms with E-state index in [2.05, 4.69) is 20.3 Å². The van der Waals surface area contributed by atoms with Crippen LogP contribution in [0.25, 0.3) is 5.70 Å². The van der Waals surface area contributed by atoms with Crippen LogP contribution >= 0.6 is 0 Å². The van der Waals surface area contributed by atoms with Gasteiger partial charge in [-0.1, -0.05) is 0 Å². The van der Waals surface area contributed by atoms with Crippen molar-refractivity contribution in [3.8, 4) is 0 Å². The molecule has 1 amide bonds. The van der Waals surface area contributed by atoms with Crippen molar-refractivity contribution in [2.24, 2.45) is 10.7 Å². The number of carbonyl (C=O) groups excluding carboxylic acids is 1.